The fourth-order valence-corrected chi connectivity index (χ4v) is 1.52. The van der Waals surface area contributed by atoms with Crippen LogP contribution >= 0.6 is 0 Å². The van der Waals surface area contributed by atoms with Gasteiger partial charge in [-0.1, -0.05) is 56.3 Å². The number of aliphatic hydroxyl groups is 1. The van der Waals surface area contributed by atoms with Crippen molar-refractivity contribution in [2.24, 2.45) is 0 Å². The average Bonchev–Trinajstić information content (AvgIpc) is 2.30. The van der Waals surface area contributed by atoms with E-state index in [9.17, 15) is 5.11 Å². The quantitative estimate of drug-likeness (QED) is 0.776. The van der Waals surface area contributed by atoms with E-state index in [1.807, 2.05) is 32.0 Å². The maximum atomic E-state index is 10.1. The Morgan fingerprint density at radius 3 is 2.27 bits per heavy atom. The molecule has 0 amide bonds. The Balaban J connectivity index is 2.53. The highest BCUT2D eigenvalue weighted by Crippen LogP contribution is 2.20. The smallest absolute Gasteiger partial charge is 0.0676 e. The van der Waals surface area contributed by atoms with Crippen LogP contribution in [0.2, 0.25) is 0 Å². The molecule has 0 radical (unpaired) electrons. The minimum Gasteiger partial charge on any atom is -0.390 e. The van der Waals surface area contributed by atoms with Crippen LogP contribution < -0.4 is 0 Å². The Bertz CT molecular complexity index is 296. The van der Waals surface area contributed by atoms with Crippen molar-refractivity contribution in [3.63, 3.8) is 0 Å². The maximum Gasteiger partial charge on any atom is 0.0676 e. The fraction of sp³-hybridized carbons (Fsp3) is 0.429. The minimum atomic E-state index is -0.523. The number of benzene rings is 1. The van der Waals surface area contributed by atoms with Crippen molar-refractivity contribution < 1.29 is 5.11 Å². The third-order valence-corrected chi connectivity index (χ3v) is 2.92. The second-order valence-electron chi connectivity index (χ2n) is 3.95. The molecule has 0 saturated carbocycles. The van der Waals surface area contributed by atoms with E-state index in [0.29, 0.717) is 0 Å². The predicted molar refractivity (Wildman–Crippen MR) is 65.6 cm³/mol. The van der Waals surface area contributed by atoms with Crippen molar-refractivity contribution in [1.82, 2.24) is 0 Å². The van der Waals surface area contributed by atoms with E-state index in [2.05, 4.69) is 24.3 Å². The molecule has 0 unspecified atom stereocenters. The van der Waals surface area contributed by atoms with E-state index in [4.69, 9.17) is 0 Å². The van der Waals surface area contributed by atoms with Crippen molar-refractivity contribution in [2.75, 3.05) is 0 Å². The first-order chi connectivity index (χ1) is 7.20. The summed E-state index contributed by atoms with van der Waals surface area (Å²) in [6, 6.07) is 10.2. The Labute approximate surface area is 92.5 Å². The second-order valence-corrected chi connectivity index (χ2v) is 3.95. The molecule has 1 rings (SSSR count). The molecule has 82 valence electrons. The molecule has 0 heterocycles. The van der Waals surface area contributed by atoms with Gasteiger partial charge in [-0.15, -0.1) is 0 Å². The number of hydrogen-bond acceptors (Lipinski definition) is 1. The minimum absolute atomic E-state index is 0.523. The van der Waals surface area contributed by atoms with Crippen LogP contribution in [0.4, 0.5) is 0 Å². The third kappa shape index (κ3) is 3.88. The van der Waals surface area contributed by atoms with Gasteiger partial charge in [0, 0.05) is 0 Å². The average molecular weight is 204 g/mol. The highest BCUT2D eigenvalue weighted by molar-refractivity contribution is 5.48. The summed E-state index contributed by atoms with van der Waals surface area (Å²) in [5.74, 6) is 0. The molecule has 0 bridgehead atoms. The Hall–Kier alpha value is -1.08. The van der Waals surface area contributed by atoms with Gasteiger partial charge < -0.3 is 5.11 Å². The van der Waals surface area contributed by atoms with Crippen molar-refractivity contribution in [3.05, 3.63) is 42.0 Å². The molecule has 1 aromatic carbocycles. The summed E-state index contributed by atoms with van der Waals surface area (Å²) in [5.41, 5.74) is 0.665. The fourth-order valence-electron chi connectivity index (χ4n) is 1.52. The molecule has 1 nitrogen and oxygen atoms in total. The molecular weight excluding hydrogens is 184 g/mol. The first-order valence-corrected chi connectivity index (χ1v) is 5.64. The maximum absolute atomic E-state index is 10.1. The zero-order valence-electron chi connectivity index (χ0n) is 9.61. The predicted octanol–water partition coefficient (Wildman–Crippen LogP) is 3.64. The standard InChI is InChI=1S/C14H20O/c1-3-14(15,4-2)12-8-11-13-9-6-5-7-10-13/h5-11,15H,3-4,12H2,1-2H3. The van der Waals surface area contributed by atoms with Gasteiger partial charge in [0.1, 0.15) is 0 Å². The molecule has 0 saturated heterocycles. The summed E-state index contributed by atoms with van der Waals surface area (Å²) < 4.78 is 0. The molecule has 0 atom stereocenters. The molecule has 0 aliphatic rings. The molecule has 0 spiro atoms. The number of hydrogen-bond donors (Lipinski definition) is 1. The van der Waals surface area contributed by atoms with E-state index < -0.39 is 5.60 Å². The summed E-state index contributed by atoms with van der Waals surface area (Å²) in [6.45, 7) is 4.06. The van der Waals surface area contributed by atoms with Gasteiger partial charge in [0.15, 0.2) is 0 Å². The van der Waals surface area contributed by atoms with Crippen LogP contribution in [0.25, 0.3) is 6.08 Å². The molecule has 0 fully saturated rings. The van der Waals surface area contributed by atoms with E-state index in [0.717, 1.165) is 19.3 Å². The highest BCUT2D eigenvalue weighted by Gasteiger charge is 2.19. The van der Waals surface area contributed by atoms with Crippen molar-refractivity contribution >= 4 is 6.08 Å². The van der Waals surface area contributed by atoms with Crippen LogP contribution in [0.15, 0.2) is 36.4 Å². The van der Waals surface area contributed by atoms with Crippen LogP contribution in [0, 0.1) is 0 Å². The Morgan fingerprint density at radius 2 is 1.73 bits per heavy atom. The summed E-state index contributed by atoms with van der Waals surface area (Å²) in [6.07, 6.45) is 6.47. The summed E-state index contributed by atoms with van der Waals surface area (Å²) in [5, 5.41) is 10.1. The molecule has 15 heavy (non-hydrogen) atoms. The van der Waals surface area contributed by atoms with E-state index in [1.54, 1.807) is 0 Å². The topological polar surface area (TPSA) is 20.2 Å². The normalized spacial score (nSPS) is 12.2. The van der Waals surface area contributed by atoms with E-state index in [1.165, 1.54) is 5.56 Å². The summed E-state index contributed by atoms with van der Waals surface area (Å²) in [7, 11) is 0. The lowest BCUT2D eigenvalue weighted by molar-refractivity contribution is 0.0355. The van der Waals surface area contributed by atoms with Gasteiger partial charge >= 0.3 is 0 Å². The summed E-state index contributed by atoms with van der Waals surface area (Å²) in [4.78, 5) is 0. The lowest BCUT2D eigenvalue weighted by Gasteiger charge is -2.23. The van der Waals surface area contributed by atoms with Gasteiger partial charge in [-0.25, -0.2) is 0 Å². The lowest BCUT2D eigenvalue weighted by Crippen LogP contribution is -2.25. The number of rotatable bonds is 5. The van der Waals surface area contributed by atoms with E-state index in [-0.39, 0.29) is 0 Å². The van der Waals surface area contributed by atoms with Crippen molar-refractivity contribution in [3.8, 4) is 0 Å². The van der Waals surface area contributed by atoms with Gasteiger partial charge in [0.05, 0.1) is 5.60 Å². The molecule has 1 aromatic rings. The monoisotopic (exact) mass is 204 g/mol. The largest absolute Gasteiger partial charge is 0.390 e. The van der Waals surface area contributed by atoms with Gasteiger partial charge in [-0.05, 0) is 24.8 Å². The van der Waals surface area contributed by atoms with Crippen LogP contribution in [0.1, 0.15) is 38.7 Å². The van der Waals surface area contributed by atoms with Crippen LogP contribution in [0.5, 0.6) is 0 Å². The molecule has 0 aliphatic heterocycles. The zero-order valence-corrected chi connectivity index (χ0v) is 9.61. The third-order valence-electron chi connectivity index (χ3n) is 2.92. The van der Waals surface area contributed by atoms with Crippen LogP contribution in [-0.4, -0.2) is 10.7 Å². The Morgan fingerprint density at radius 1 is 1.13 bits per heavy atom. The van der Waals surface area contributed by atoms with Crippen molar-refractivity contribution in [2.45, 2.75) is 38.7 Å². The van der Waals surface area contributed by atoms with Gasteiger partial charge in [-0.3, -0.25) is 0 Å². The lowest BCUT2D eigenvalue weighted by atomic mass is 9.93. The first-order valence-electron chi connectivity index (χ1n) is 5.64. The molecule has 1 heteroatoms. The highest BCUT2D eigenvalue weighted by atomic mass is 16.3. The SMILES string of the molecule is CCC(O)(CC)CC=Cc1ccccc1. The van der Waals surface area contributed by atoms with Crippen molar-refractivity contribution in [1.29, 1.82) is 0 Å². The first kappa shape index (κ1) is 12.0. The molecular formula is C14H20O. The molecule has 0 aromatic heterocycles. The van der Waals surface area contributed by atoms with Gasteiger partial charge in [-0.2, -0.15) is 0 Å². The second kappa shape index (κ2) is 5.72. The van der Waals surface area contributed by atoms with Crippen LogP contribution in [0.3, 0.4) is 0 Å². The molecule has 0 aliphatic carbocycles. The van der Waals surface area contributed by atoms with Crippen LogP contribution in [-0.2, 0) is 0 Å². The van der Waals surface area contributed by atoms with Gasteiger partial charge in [0.2, 0.25) is 0 Å². The zero-order chi connectivity index (χ0) is 11.1. The molecule has 1 N–H and O–H groups in total. The van der Waals surface area contributed by atoms with E-state index >= 15 is 0 Å². The summed E-state index contributed by atoms with van der Waals surface area (Å²) >= 11 is 0. The Kier molecular flexibility index (Phi) is 4.57. The van der Waals surface area contributed by atoms with Gasteiger partial charge in [0.25, 0.3) is 0 Å².